The zero-order chi connectivity index (χ0) is 23.8. The average Bonchev–Trinajstić information content (AvgIpc) is 2.74. The molecule has 0 bridgehead atoms. The minimum Gasteiger partial charge on any atom is -0.478 e. The van der Waals surface area contributed by atoms with E-state index in [0.717, 1.165) is 13.8 Å². The molecule has 2 N–H and O–H groups in total. The molecule has 0 radical (unpaired) electrons. The van der Waals surface area contributed by atoms with E-state index in [1.807, 2.05) is 11.0 Å². The van der Waals surface area contributed by atoms with Crippen molar-refractivity contribution < 1.29 is 38.1 Å². The number of nitriles is 1. The van der Waals surface area contributed by atoms with E-state index in [1.54, 1.807) is 6.07 Å². The summed E-state index contributed by atoms with van der Waals surface area (Å²) in [6.07, 6.45) is -2.51. The Balaban J connectivity index is 1.97. The largest absolute Gasteiger partial charge is 0.478 e. The Hall–Kier alpha value is -3.68. The normalized spacial score (nSPS) is 15.8. The number of carboxylic acids is 1. The second-order valence-electron chi connectivity index (χ2n) is 7.35. The molecule has 1 aliphatic heterocycles. The molecule has 2 rings (SSSR count). The molecule has 10 nitrogen and oxygen atoms in total. The van der Waals surface area contributed by atoms with Crippen molar-refractivity contribution in [2.75, 3.05) is 24.5 Å². The van der Waals surface area contributed by atoms with Crippen molar-refractivity contribution in [3.63, 3.8) is 0 Å². The summed E-state index contributed by atoms with van der Waals surface area (Å²) in [5.74, 6) is -4.80. The van der Waals surface area contributed by atoms with E-state index in [1.165, 1.54) is 12.1 Å². The number of nitrogens with one attached hydrogen (secondary N) is 1. The number of hydrogen-bond acceptors (Lipinski definition) is 8. The van der Waals surface area contributed by atoms with E-state index in [2.05, 4.69) is 10.1 Å². The number of hydrogen-bond donors (Lipinski definition) is 2. The molecule has 1 aromatic rings. The Labute approximate surface area is 183 Å². The topological polar surface area (TPSA) is 146 Å². The van der Waals surface area contributed by atoms with Crippen LogP contribution in [0.4, 0.5) is 10.1 Å². The molecule has 1 fully saturated rings. The van der Waals surface area contributed by atoms with Crippen LogP contribution in [0, 0.1) is 23.1 Å². The van der Waals surface area contributed by atoms with Crippen molar-refractivity contribution in [2.24, 2.45) is 5.92 Å². The van der Waals surface area contributed by atoms with E-state index in [-0.39, 0.29) is 18.0 Å². The van der Waals surface area contributed by atoms with Gasteiger partial charge in [0.15, 0.2) is 0 Å². The summed E-state index contributed by atoms with van der Waals surface area (Å²) in [6.45, 7) is 3.31. The van der Waals surface area contributed by atoms with Crippen LogP contribution in [0.1, 0.15) is 32.3 Å². The number of rotatable bonds is 8. The number of carboxylic acid groups (broad SMARTS) is 1. The lowest BCUT2D eigenvalue weighted by molar-refractivity contribution is -0.180. The second-order valence-corrected chi connectivity index (χ2v) is 7.35. The Bertz CT molecular complexity index is 922. The van der Waals surface area contributed by atoms with E-state index in [9.17, 15) is 33.9 Å². The van der Waals surface area contributed by atoms with Crippen molar-refractivity contribution in [2.45, 2.75) is 38.9 Å². The fraction of sp³-hybridized carbons (Fsp3) is 0.476. The average molecular weight is 449 g/mol. The number of piperidine rings is 1. The van der Waals surface area contributed by atoms with Gasteiger partial charge < -0.3 is 24.8 Å². The molecule has 172 valence electrons. The van der Waals surface area contributed by atoms with Crippen molar-refractivity contribution >= 4 is 29.5 Å². The monoisotopic (exact) mass is 449 g/mol. The van der Waals surface area contributed by atoms with Gasteiger partial charge in [0.1, 0.15) is 11.9 Å². The van der Waals surface area contributed by atoms with Crippen molar-refractivity contribution in [1.29, 1.82) is 5.26 Å². The lowest BCUT2D eigenvalue weighted by Gasteiger charge is -2.34. The molecule has 1 aromatic carbocycles. The highest BCUT2D eigenvalue weighted by atomic mass is 19.1. The highest BCUT2D eigenvalue weighted by Crippen LogP contribution is 2.26. The van der Waals surface area contributed by atoms with Gasteiger partial charge in [-0.3, -0.25) is 14.4 Å². The van der Waals surface area contributed by atoms with E-state index < -0.39 is 41.8 Å². The van der Waals surface area contributed by atoms with Crippen LogP contribution < -0.4 is 10.2 Å². The number of nitrogens with zero attached hydrogens (tertiary/aromatic N) is 2. The third kappa shape index (κ3) is 6.66. The minimum absolute atomic E-state index is 0.0381. The van der Waals surface area contributed by atoms with Crippen LogP contribution in [0.2, 0.25) is 0 Å². The number of carbonyl (C=O) groups excluding carboxylic acids is 3. The summed E-state index contributed by atoms with van der Waals surface area (Å²) in [5, 5.41) is 21.1. The summed E-state index contributed by atoms with van der Waals surface area (Å²) in [5.41, 5.74) is 0.878. The van der Waals surface area contributed by atoms with Gasteiger partial charge in [-0.25, -0.2) is 9.18 Å². The van der Waals surface area contributed by atoms with Crippen LogP contribution in [-0.2, 0) is 28.7 Å². The van der Waals surface area contributed by atoms with Gasteiger partial charge in [-0.15, -0.1) is 0 Å². The van der Waals surface area contributed by atoms with Crippen LogP contribution in [-0.4, -0.2) is 60.8 Å². The third-order valence-corrected chi connectivity index (χ3v) is 4.96. The van der Waals surface area contributed by atoms with E-state index >= 15 is 0 Å². The predicted molar refractivity (Wildman–Crippen MR) is 108 cm³/mol. The first-order valence-corrected chi connectivity index (χ1v) is 9.92. The number of carbonyl (C=O) groups is 4. The molecule has 32 heavy (non-hydrogen) atoms. The smallest absolute Gasteiger partial charge is 0.349 e. The van der Waals surface area contributed by atoms with Crippen LogP contribution >= 0.6 is 0 Å². The molecule has 11 heteroatoms. The van der Waals surface area contributed by atoms with E-state index in [4.69, 9.17) is 4.74 Å². The first-order valence-electron chi connectivity index (χ1n) is 9.92. The van der Waals surface area contributed by atoms with Gasteiger partial charge in [0, 0.05) is 33.5 Å². The Morgan fingerprint density at radius 2 is 1.78 bits per heavy atom. The van der Waals surface area contributed by atoms with Crippen molar-refractivity contribution in [3.05, 3.63) is 29.6 Å². The van der Waals surface area contributed by atoms with Gasteiger partial charge in [0.05, 0.1) is 11.3 Å². The quantitative estimate of drug-likeness (QED) is 0.554. The Morgan fingerprint density at radius 1 is 1.19 bits per heavy atom. The molecule has 0 unspecified atom stereocenters. The Kier molecular flexibility index (Phi) is 8.52. The summed E-state index contributed by atoms with van der Waals surface area (Å²) in [6, 6.07) is 6.01. The molecule has 1 saturated heterocycles. The van der Waals surface area contributed by atoms with Gasteiger partial charge in [0.25, 0.3) is 5.91 Å². The first-order chi connectivity index (χ1) is 15.1. The molecule has 1 heterocycles. The lowest BCUT2D eigenvalue weighted by atomic mass is 9.95. The van der Waals surface area contributed by atoms with Crippen molar-refractivity contribution in [3.8, 4) is 6.07 Å². The number of benzene rings is 1. The maximum atomic E-state index is 13.4. The van der Waals surface area contributed by atoms with E-state index in [0.29, 0.717) is 31.6 Å². The molecule has 0 aromatic heterocycles. The second kappa shape index (κ2) is 11.1. The molecule has 0 spiro atoms. The van der Waals surface area contributed by atoms with Gasteiger partial charge in [-0.1, -0.05) is 0 Å². The molecule has 1 amide bonds. The van der Waals surface area contributed by atoms with Crippen molar-refractivity contribution in [1.82, 2.24) is 5.32 Å². The SMILES string of the molecule is CC(=O)O[C@@H](C(=O)O)[C@@H](OC(C)=O)C(=O)NCC1CCN(c2ccc(F)cc2C#N)CC1. The number of esters is 2. The molecular weight excluding hydrogens is 425 g/mol. The summed E-state index contributed by atoms with van der Waals surface area (Å²) in [7, 11) is 0. The number of halogens is 1. The highest BCUT2D eigenvalue weighted by molar-refractivity contribution is 5.90. The van der Waals surface area contributed by atoms with Gasteiger partial charge in [-0.2, -0.15) is 5.26 Å². The van der Waals surface area contributed by atoms with Gasteiger partial charge in [-0.05, 0) is 37.0 Å². The summed E-state index contributed by atoms with van der Waals surface area (Å²) < 4.78 is 22.8. The number of anilines is 1. The zero-order valence-electron chi connectivity index (χ0n) is 17.7. The molecule has 0 saturated carbocycles. The minimum atomic E-state index is -1.97. The fourth-order valence-electron chi connectivity index (χ4n) is 3.45. The Morgan fingerprint density at radius 3 is 2.31 bits per heavy atom. The summed E-state index contributed by atoms with van der Waals surface area (Å²) in [4.78, 5) is 48.4. The van der Waals surface area contributed by atoms with Crippen LogP contribution in [0.25, 0.3) is 0 Å². The molecule has 1 aliphatic rings. The molecular formula is C21H24FN3O7. The third-order valence-electron chi connectivity index (χ3n) is 4.96. The molecule has 2 atom stereocenters. The highest BCUT2D eigenvalue weighted by Gasteiger charge is 2.39. The first kappa shape index (κ1) is 24.6. The number of ether oxygens (including phenoxy) is 2. The standard InChI is InChI=1S/C21H24FN3O7/c1-12(26)31-18(19(21(29)30)32-13(2)27)20(28)24-11-14-5-7-25(8-6-14)17-4-3-16(22)9-15(17)10-23/h3-4,9,14,18-19H,5-8,11H2,1-2H3,(H,24,28)(H,29,30)/t18-,19-/m1/s1. The van der Waals surface area contributed by atoms with Crippen LogP contribution in [0.5, 0.6) is 0 Å². The molecule has 0 aliphatic carbocycles. The van der Waals surface area contributed by atoms with Gasteiger partial charge in [0.2, 0.25) is 12.2 Å². The predicted octanol–water partition coefficient (Wildman–Crippen LogP) is 0.978. The number of aliphatic carboxylic acids is 1. The maximum absolute atomic E-state index is 13.4. The van der Waals surface area contributed by atoms with Crippen LogP contribution in [0.3, 0.4) is 0 Å². The number of amides is 1. The maximum Gasteiger partial charge on any atom is 0.349 e. The zero-order valence-corrected chi connectivity index (χ0v) is 17.7. The summed E-state index contributed by atoms with van der Waals surface area (Å²) >= 11 is 0. The van der Waals surface area contributed by atoms with Gasteiger partial charge >= 0.3 is 17.9 Å². The fourth-order valence-corrected chi connectivity index (χ4v) is 3.45. The lowest BCUT2D eigenvalue weighted by Crippen LogP contribution is -2.51. The van der Waals surface area contributed by atoms with Crippen LogP contribution in [0.15, 0.2) is 18.2 Å².